The Hall–Kier alpha value is -3.61. The zero-order valence-corrected chi connectivity index (χ0v) is 19.6. The molecule has 0 saturated heterocycles. The molecule has 1 amide bonds. The Bertz CT molecular complexity index is 1440. The summed E-state index contributed by atoms with van der Waals surface area (Å²) in [5.41, 5.74) is -2.76. The SMILES string of the molecule is Cc1cc(C)c(Oc2nnc(C(F)(F)F)c(C)c2C(=O)Nc2cccc(S(C)(=N)=O)c2)c(F)c1F. The smallest absolute Gasteiger partial charge is 0.433 e. The van der Waals surface area contributed by atoms with Crippen molar-refractivity contribution in [3.05, 3.63) is 69.9 Å². The van der Waals surface area contributed by atoms with Gasteiger partial charge in [-0.3, -0.25) is 4.79 Å². The van der Waals surface area contributed by atoms with Crippen molar-refractivity contribution in [2.75, 3.05) is 11.6 Å². The first-order valence-electron chi connectivity index (χ1n) is 9.84. The van der Waals surface area contributed by atoms with Crippen LogP contribution >= 0.6 is 0 Å². The Morgan fingerprint density at radius 3 is 2.31 bits per heavy atom. The topological polar surface area (TPSA) is 105 Å². The van der Waals surface area contributed by atoms with Gasteiger partial charge in [0.2, 0.25) is 5.82 Å². The number of carbonyl (C=O) groups is 1. The molecule has 1 atom stereocenters. The van der Waals surface area contributed by atoms with Gasteiger partial charge in [-0.2, -0.15) is 17.6 Å². The number of carbonyl (C=O) groups excluding carboxylic acids is 1. The monoisotopic (exact) mass is 514 g/mol. The number of anilines is 1. The molecule has 1 unspecified atom stereocenters. The Labute approximate surface area is 197 Å². The van der Waals surface area contributed by atoms with E-state index in [0.717, 1.165) is 13.2 Å². The van der Waals surface area contributed by atoms with E-state index >= 15 is 0 Å². The molecule has 0 aliphatic rings. The molecule has 2 N–H and O–H groups in total. The minimum Gasteiger partial charge on any atom is -0.433 e. The van der Waals surface area contributed by atoms with Gasteiger partial charge >= 0.3 is 6.18 Å². The van der Waals surface area contributed by atoms with Crippen LogP contribution in [0.4, 0.5) is 27.6 Å². The standard InChI is InChI=1S/C22H19F5N4O3S/c1-10-8-11(2)18(17(24)16(10)23)34-21-15(12(3)19(30-31-21)22(25,26)27)20(32)29-13-6-5-7-14(9-13)35(4,28)33/h5-9,28H,1-4H3,(H,29,32). The molecule has 35 heavy (non-hydrogen) atoms. The van der Waals surface area contributed by atoms with Crippen LogP contribution in [0.1, 0.15) is 32.7 Å². The van der Waals surface area contributed by atoms with Crippen molar-refractivity contribution in [1.29, 1.82) is 4.78 Å². The van der Waals surface area contributed by atoms with Gasteiger partial charge in [0.15, 0.2) is 17.3 Å². The maximum absolute atomic E-state index is 14.5. The summed E-state index contributed by atoms with van der Waals surface area (Å²) in [6.45, 7) is 3.65. The number of aryl methyl sites for hydroxylation is 2. The highest BCUT2D eigenvalue weighted by atomic mass is 32.2. The number of halogens is 5. The van der Waals surface area contributed by atoms with Crippen LogP contribution in [0.5, 0.6) is 11.6 Å². The van der Waals surface area contributed by atoms with Gasteiger partial charge in [-0.15, -0.1) is 10.2 Å². The fraction of sp³-hybridized carbons (Fsp3) is 0.227. The highest BCUT2D eigenvalue weighted by Crippen LogP contribution is 2.37. The van der Waals surface area contributed by atoms with Gasteiger partial charge in [0, 0.05) is 16.8 Å². The molecule has 3 aromatic rings. The van der Waals surface area contributed by atoms with Gasteiger partial charge < -0.3 is 10.1 Å². The van der Waals surface area contributed by atoms with Gasteiger partial charge in [-0.1, -0.05) is 6.07 Å². The third-order valence-electron chi connectivity index (χ3n) is 4.95. The van der Waals surface area contributed by atoms with Crippen LogP contribution in [0.3, 0.4) is 0 Å². The quantitative estimate of drug-likeness (QED) is 0.420. The van der Waals surface area contributed by atoms with Gasteiger partial charge in [-0.25, -0.2) is 13.4 Å². The van der Waals surface area contributed by atoms with E-state index in [1.54, 1.807) is 0 Å². The number of hydrogen-bond donors (Lipinski definition) is 2. The van der Waals surface area contributed by atoms with Gasteiger partial charge in [-0.05, 0) is 61.7 Å². The highest BCUT2D eigenvalue weighted by Gasteiger charge is 2.38. The van der Waals surface area contributed by atoms with Crippen LogP contribution in [-0.2, 0) is 15.9 Å². The molecule has 3 rings (SSSR count). The first kappa shape index (κ1) is 26.0. The lowest BCUT2D eigenvalue weighted by Gasteiger charge is -2.17. The lowest BCUT2D eigenvalue weighted by molar-refractivity contribution is -0.142. The molecular formula is C22H19F5N4O3S. The Morgan fingerprint density at radius 2 is 1.71 bits per heavy atom. The second-order valence-corrected chi connectivity index (χ2v) is 9.91. The van der Waals surface area contributed by atoms with Crippen molar-refractivity contribution < 1.29 is 35.7 Å². The summed E-state index contributed by atoms with van der Waals surface area (Å²) in [4.78, 5) is 13.1. The van der Waals surface area contributed by atoms with Crippen molar-refractivity contribution >= 4 is 21.3 Å². The van der Waals surface area contributed by atoms with Gasteiger partial charge in [0.05, 0.1) is 9.73 Å². The molecule has 2 aromatic carbocycles. The predicted octanol–water partition coefficient (Wildman–Crippen LogP) is 5.78. The predicted molar refractivity (Wildman–Crippen MR) is 117 cm³/mol. The number of benzene rings is 2. The van der Waals surface area contributed by atoms with E-state index < -0.39 is 61.9 Å². The number of amides is 1. The maximum atomic E-state index is 14.5. The van der Waals surface area contributed by atoms with Crippen molar-refractivity contribution in [2.45, 2.75) is 31.8 Å². The molecule has 13 heteroatoms. The summed E-state index contributed by atoms with van der Waals surface area (Å²) in [5.74, 6) is -5.22. The molecule has 0 bridgehead atoms. The zero-order valence-electron chi connectivity index (χ0n) is 18.8. The normalized spacial score (nSPS) is 13.3. The van der Waals surface area contributed by atoms with Crippen LogP contribution in [0.25, 0.3) is 0 Å². The summed E-state index contributed by atoms with van der Waals surface area (Å²) in [7, 11) is -3.15. The van der Waals surface area contributed by atoms with E-state index in [1.807, 2.05) is 0 Å². The summed E-state index contributed by atoms with van der Waals surface area (Å²) in [5, 5.41) is 8.75. The Morgan fingerprint density at radius 1 is 1.06 bits per heavy atom. The number of ether oxygens (including phenoxy) is 1. The summed E-state index contributed by atoms with van der Waals surface area (Å²) < 4.78 is 94.0. The lowest BCUT2D eigenvalue weighted by Crippen LogP contribution is -2.21. The lowest BCUT2D eigenvalue weighted by atomic mass is 10.1. The average Bonchev–Trinajstić information content (AvgIpc) is 2.74. The Kier molecular flexibility index (Phi) is 6.84. The molecule has 0 aliphatic heterocycles. The Balaban J connectivity index is 2.14. The molecule has 1 aromatic heterocycles. The van der Waals surface area contributed by atoms with E-state index in [0.29, 0.717) is 0 Å². The van der Waals surface area contributed by atoms with Gasteiger partial charge in [0.25, 0.3) is 11.8 Å². The van der Waals surface area contributed by atoms with E-state index in [4.69, 9.17) is 9.52 Å². The minimum atomic E-state index is -4.97. The molecule has 7 nitrogen and oxygen atoms in total. The first-order chi connectivity index (χ1) is 16.1. The largest absolute Gasteiger partial charge is 0.435 e. The first-order valence-corrected chi connectivity index (χ1v) is 11.8. The van der Waals surface area contributed by atoms with Crippen LogP contribution < -0.4 is 10.1 Å². The molecular weight excluding hydrogens is 495 g/mol. The molecule has 1 heterocycles. The van der Waals surface area contributed by atoms with Crippen molar-refractivity contribution in [3.63, 3.8) is 0 Å². The van der Waals surface area contributed by atoms with Crippen LogP contribution in [0.2, 0.25) is 0 Å². The molecule has 0 fully saturated rings. The number of nitrogens with zero attached hydrogens (tertiary/aromatic N) is 2. The second-order valence-electron chi connectivity index (χ2n) is 7.75. The number of hydrogen-bond acceptors (Lipinski definition) is 6. The summed E-state index contributed by atoms with van der Waals surface area (Å²) in [6, 6.07) is 6.62. The van der Waals surface area contributed by atoms with Crippen molar-refractivity contribution in [1.82, 2.24) is 10.2 Å². The van der Waals surface area contributed by atoms with Gasteiger partial charge in [0.1, 0.15) is 5.56 Å². The van der Waals surface area contributed by atoms with E-state index in [-0.39, 0.29) is 21.7 Å². The number of nitrogens with one attached hydrogen (secondary N) is 2. The third kappa shape index (κ3) is 5.39. The van der Waals surface area contributed by atoms with Crippen LogP contribution in [-0.4, -0.2) is 26.6 Å². The fourth-order valence-corrected chi connectivity index (χ4v) is 3.93. The molecule has 0 saturated carbocycles. The number of aromatic nitrogens is 2. The van der Waals surface area contributed by atoms with E-state index in [1.165, 1.54) is 44.2 Å². The van der Waals surface area contributed by atoms with E-state index in [9.17, 15) is 31.0 Å². The van der Waals surface area contributed by atoms with Crippen LogP contribution in [0.15, 0.2) is 35.2 Å². The van der Waals surface area contributed by atoms with Crippen molar-refractivity contribution in [2.24, 2.45) is 0 Å². The average molecular weight is 514 g/mol. The molecule has 0 spiro atoms. The van der Waals surface area contributed by atoms with Crippen molar-refractivity contribution in [3.8, 4) is 11.6 Å². The maximum Gasteiger partial charge on any atom is 0.435 e. The minimum absolute atomic E-state index is 0.0220. The van der Waals surface area contributed by atoms with E-state index in [2.05, 4.69) is 15.5 Å². The third-order valence-corrected chi connectivity index (χ3v) is 6.10. The second kappa shape index (κ2) is 9.21. The molecule has 0 radical (unpaired) electrons. The summed E-state index contributed by atoms with van der Waals surface area (Å²) in [6.07, 6.45) is -3.81. The zero-order chi connectivity index (χ0) is 26.3. The number of alkyl halides is 3. The fourth-order valence-electron chi connectivity index (χ4n) is 3.24. The highest BCUT2D eigenvalue weighted by molar-refractivity contribution is 7.91. The molecule has 186 valence electrons. The summed E-state index contributed by atoms with van der Waals surface area (Å²) >= 11 is 0. The molecule has 0 aliphatic carbocycles. The van der Waals surface area contributed by atoms with Crippen LogP contribution in [0, 0.1) is 37.2 Å². The number of rotatable bonds is 5.